The van der Waals surface area contributed by atoms with E-state index < -0.39 is 54.0 Å². The van der Waals surface area contributed by atoms with Crippen LogP contribution in [0, 0.1) is 8.99 Å². The predicted octanol–water partition coefficient (Wildman–Crippen LogP) is 2.43. The topological polar surface area (TPSA) is 138 Å². The molecule has 198 valence electrons. The second kappa shape index (κ2) is 13.8. The molecule has 1 aromatic rings. The van der Waals surface area contributed by atoms with Crippen LogP contribution in [0.25, 0.3) is 0 Å². The number of nitrogens with one attached hydrogen (secondary N) is 4. The third kappa shape index (κ3) is 11.4. The molecule has 3 amide bonds. The van der Waals surface area contributed by atoms with E-state index >= 15 is 0 Å². The lowest BCUT2D eigenvalue weighted by Crippen LogP contribution is -2.59. The van der Waals surface area contributed by atoms with E-state index in [1.807, 2.05) is 24.3 Å². The van der Waals surface area contributed by atoms with Gasteiger partial charge in [-0.05, 0) is 67.5 Å². The molecule has 0 bridgehead atoms. The van der Waals surface area contributed by atoms with E-state index in [1.165, 1.54) is 13.8 Å². The fraction of sp³-hybridized carbons (Fsp3) is 0.609. The fourth-order valence-electron chi connectivity index (χ4n) is 2.94. The van der Waals surface area contributed by atoms with Gasteiger partial charge in [-0.1, -0.05) is 26.0 Å². The van der Waals surface area contributed by atoms with Crippen LogP contribution < -0.4 is 21.5 Å². The Hall–Kier alpha value is -2.19. The van der Waals surface area contributed by atoms with Gasteiger partial charge in [-0.3, -0.25) is 14.6 Å². The average molecular weight is 610 g/mol. The minimum atomic E-state index is -1.24. The van der Waals surface area contributed by atoms with Gasteiger partial charge in [0.2, 0.25) is 0 Å². The van der Waals surface area contributed by atoms with Crippen molar-refractivity contribution in [3.8, 4) is 0 Å². The van der Waals surface area contributed by atoms with Gasteiger partial charge in [0.1, 0.15) is 11.6 Å². The number of carbonyl (C=O) groups excluding carboxylic acids is 3. The smallest absolute Gasteiger partial charge is 0.407 e. The van der Waals surface area contributed by atoms with Crippen molar-refractivity contribution < 1.29 is 33.4 Å². The number of rotatable bonds is 11. The van der Waals surface area contributed by atoms with Crippen LogP contribution in [0.1, 0.15) is 40.2 Å². The van der Waals surface area contributed by atoms with Gasteiger partial charge in [-0.25, -0.2) is 15.0 Å². The zero-order valence-corrected chi connectivity index (χ0v) is 23.1. The number of halogens is 2. The van der Waals surface area contributed by atoms with Crippen molar-refractivity contribution in [1.82, 2.24) is 21.5 Å². The van der Waals surface area contributed by atoms with Gasteiger partial charge in [0.25, 0.3) is 5.91 Å². The molecule has 12 heteroatoms. The maximum atomic E-state index is 13.5. The van der Waals surface area contributed by atoms with Gasteiger partial charge in [0, 0.05) is 15.5 Å². The van der Waals surface area contributed by atoms with Gasteiger partial charge >= 0.3 is 12.2 Å². The lowest BCUT2D eigenvalue weighted by atomic mass is 9.85. The number of alkyl carbamates (subject to hydrolysis) is 2. The number of ether oxygens (including phenoxy) is 2. The molecule has 0 aliphatic carbocycles. The number of hydrazine groups is 1. The zero-order valence-electron chi connectivity index (χ0n) is 20.9. The normalized spacial score (nSPS) is 14.3. The van der Waals surface area contributed by atoms with Crippen molar-refractivity contribution in [2.75, 3.05) is 20.3 Å². The molecule has 3 atom stereocenters. The Morgan fingerprint density at radius 3 is 2.17 bits per heavy atom. The van der Waals surface area contributed by atoms with Crippen molar-refractivity contribution in [2.24, 2.45) is 5.41 Å². The van der Waals surface area contributed by atoms with Gasteiger partial charge in [0.05, 0.1) is 25.9 Å². The van der Waals surface area contributed by atoms with Crippen molar-refractivity contribution in [1.29, 1.82) is 0 Å². The maximum Gasteiger partial charge on any atom is 0.407 e. The first-order valence-corrected chi connectivity index (χ1v) is 12.1. The Kier molecular flexibility index (Phi) is 12.1. The first-order chi connectivity index (χ1) is 16.2. The summed E-state index contributed by atoms with van der Waals surface area (Å²) in [4.78, 5) is 36.6. The zero-order chi connectivity index (χ0) is 26.8. The molecule has 0 fully saturated rings. The summed E-state index contributed by atoms with van der Waals surface area (Å²) >= 11 is 2.18. The third-order valence-electron chi connectivity index (χ3n) is 4.89. The molecule has 0 aliphatic rings. The molecule has 0 unspecified atom stereocenters. The number of hydrogen-bond acceptors (Lipinski definition) is 7. The molecule has 0 spiro atoms. The molecule has 5 N–H and O–H groups in total. The molecule has 0 radical (unpaired) electrons. The molecule has 0 aromatic heterocycles. The number of aliphatic hydroxyl groups is 1. The Bertz CT molecular complexity index is 847. The molecule has 0 heterocycles. The monoisotopic (exact) mass is 610 g/mol. The summed E-state index contributed by atoms with van der Waals surface area (Å²) < 4.78 is 24.3. The largest absolute Gasteiger partial charge is 0.453 e. The molecule has 0 aliphatic heterocycles. The van der Waals surface area contributed by atoms with Crippen LogP contribution in [0.5, 0.6) is 0 Å². The van der Waals surface area contributed by atoms with Crippen molar-refractivity contribution in [2.45, 2.75) is 64.8 Å². The summed E-state index contributed by atoms with van der Waals surface area (Å²) in [5.74, 6) is -0.723. The minimum Gasteiger partial charge on any atom is -0.453 e. The predicted molar refractivity (Wildman–Crippen MR) is 137 cm³/mol. The number of amides is 3. The molecular formula is C23H36FIN4O6. The van der Waals surface area contributed by atoms with Crippen molar-refractivity contribution in [3.05, 3.63) is 33.4 Å². The van der Waals surface area contributed by atoms with Crippen LogP contribution in [-0.2, 0) is 20.7 Å². The Balaban J connectivity index is 2.86. The number of hydrogen-bond donors (Lipinski definition) is 5. The second-order valence-corrected chi connectivity index (χ2v) is 11.0. The Labute approximate surface area is 219 Å². The molecule has 1 aromatic carbocycles. The summed E-state index contributed by atoms with van der Waals surface area (Å²) in [7, 11) is 1.13. The van der Waals surface area contributed by atoms with Crippen LogP contribution >= 0.6 is 22.6 Å². The highest BCUT2D eigenvalue weighted by molar-refractivity contribution is 14.1. The van der Waals surface area contributed by atoms with Crippen LogP contribution in [0.4, 0.5) is 14.0 Å². The summed E-state index contributed by atoms with van der Waals surface area (Å²) in [6.45, 7) is 7.10. The van der Waals surface area contributed by atoms with E-state index in [2.05, 4.69) is 48.8 Å². The lowest BCUT2D eigenvalue weighted by Gasteiger charge is -2.31. The molecule has 10 nitrogen and oxygen atoms in total. The second-order valence-electron chi connectivity index (χ2n) is 9.71. The number of carbonyl (C=O) groups is 3. The first-order valence-electron chi connectivity index (χ1n) is 11.0. The summed E-state index contributed by atoms with van der Waals surface area (Å²) in [6.07, 6.45) is -2.41. The third-order valence-corrected chi connectivity index (χ3v) is 5.61. The molecule has 0 saturated heterocycles. The van der Waals surface area contributed by atoms with Crippen molar-refractivity contribution in [3.63, 3.8) is 0 Å². The van der Waals surface area contributed by atoms with E-state index in [-0.39, 0.29) is 6.54 Å². The highest BCUT2D eigenvalue weighted by Gasteiger charge is 2.37. The number of methoxy groups -OCH3 is 1. The van der Waals surface area contributed by atoms with E-state index in [4.69, 9.17) is 4.74 Å². The standard InChI is InChI=1S/C23H36FIN4O6/c1-22(2,3)35-21(33)27-16(11-14-7-9-15(25)10-8-14)17(30)12-26-29-19(31)18(23(4,5)13-24)28-20(32)34-6/h7-10,16-18,26,30H,11-13H2,1-6H3,(H,27,33)(H,28,32)(H,29,31)/t16-,17-,18+/m0/s1. The Morgan fingerprint density at radius 1 is 1.06 bits per heavy atom. The quantitative estimate of drug-likeness (QED) is 0.192. The number of benzene rings is 1. The minimum absolute atomic E-state index is 0.155. The van der Waals surface area contributed by atoms with Gasteiger partial charge in [-0.15, -0.1) is 0 Å². The van der Waals surface area contributed by atoms with Gasteiger partial charge < -0.3 is 25.2 Å². The highest BCUT2D eigenvalue weighted by Crippen LogP contribution is 2.21. The van der Waals surface area contributed by atoms with Gasteiger partial charge in [0.15, 0.2) is 0 Å². The fourth-order valence-corrected chi connectivity index (χ4v) is 3.30. The van der Waals surface area contributed by atoms with Crippen LogP contribution in [0.3, 0.4) is 0 Å². The lowest BCUT2D eigenvalue weighted by molar-refractivity contribution is -0.127. The average Bonchev–Trinajstić information content (AvgIpc) is 2.76. The number of aliphatic hydroxyl groups excluding tert-OH is 1. The Morgan fingerprint density at radius 2 is 1.66 bits per heavy atom. The summed E-state index contributed by atoms with van der Waals surface area (Å²) in [6, 6.07) is 5.59. The molecule has 35 heavy (non-hydrogen) atoms. The van der Waals surface area contributed by atoms with E-state index in [1.54, 1.807) is 20.8 Å². The van der Waals surface area contributed by atoms with Crippen LogP contribution in [-0.4, -0.2) is 67.3 Å². The van der Waals surface area contributed by atoms with E-state index in [0.717, 1.165) is 16.2 Å². The SMILES string of the molecule is COC(=O)N[C@H](C(=O)NNC[C@H](O)[C@H](Cc1ccc(I)cc1)NC(=O)OC(C)(C)C)C(C)(C)CF. The van der Waals surface area contributed by atoms with Crippen LogP contribution in [0.2, 0.25) is 0 Å². The van der Waals surface area contributed by atoms with Crippen LogP contribution in [0.15, 0.2) is 24.3 Å². The molecular weight excluding hydrogens is 574 g/mol. The van der Waals surface area contributed by atoms with Gasteiger partial charge in [-0.2, -0.15) is 0 Å². The summed E-state index contributed by atoms with van der Waals surface area (Å²) in [5.41, 5.74) is 3.90. The number of alkyl halides is 1. The molecule has 0 saturated carbocycles. The van der Waals surface area contributed by atoms with Crippen molar-refractivity contribution >= 4 is 40.7 Å². The highest BCUT2D eigenvalue weighted by atomic mass is 127. The summed E-state index contributed by atoms with van der Waals surface area (Å²) in [5, 5.41) is 15.8. The van der Waals surface area contributed by atoms with E-state index in [9.17, 15) is 23.9 Å². The first kappa shape index (κ1) is 30.8. The maximum absolute atomic E-state index is 13.5. The van der Waals surface area contributed by atoms with E-state index in [0.29, 0.717) is 6.42 Å². The molecule has 1 rings (SSSR count).